The van der Waals surface area contributed by atoms with Crippen LogP contribution in [0.5, 0.6) is 0 Å². The summed E-state index contributed by atoms with van der Waals surface area (Å²) in [4.78, 5) is 0. The van der Waals surface area contributed by atoms with Crippen LogP contribution in [-0.4, -0.2) is 0 Å². The Balaban J connectivity index is 2.21. The molecule has 0 atom stereocenters. The van der Waals surface area contributed by atoms with Gasteiger partial charge >= 0.3 is 0 Å². The highest BCUT2D eigenvalue weighted by Crippen LogP contribution is 2.06. The van der Waals surface area contributed by atoms with Gasteiger partial charge in [0.25, 0.3) is 0 Å². The average molecular weight is 215 g/mol. The molecule has 0 radical (unpaired) electrons. The second-order valence-corrected chi connectivity index (χ2v) is 3.34. The van der Waals surface area contributed by atoms with Crippen molar-refractivity contribution in [3.8, 4) is 0 Å². The number of pyridine rings is 1. The maximum absolute atomic E-state index is 12.6. The zero-order chi connectivity index (χ0) is 11.4. The lowest BCUT2D eigenvalue weighted by Gasteiger charge is -1.98. The van der Waals surface area contributed by atoms with E-state index < -0.39 is 0 Å². The fraction of sp³-hybridized carbons (Fsp3) is 0. The van der Waals surface area contributed by atoms with Gasteiger partial charge in [-0.25, -0.2) is 4.39 Å². The van der Waals surface area contributed by atoms with Crippen LogP contribution in [0, 0.1) is 11.0 Å². The van der Waals surface area contributed by atoms with Gasteiger partial charge in [0, 0.05) is 18.2 Å². The molecule has 0 amide bonds. The van der Waals surface area contributed by atoms with Crippen LogP contribution in [0.3, 0.4) is 0 Å². The summed E-state index contributed by atoms with van der Waals surface area (Å²) in [6.07, 6.45) is 4.90. The third-order valence-corrected chi connectivity index (χ3v) is 2.17. The zero-order valence-electron chi connectivity index (χ0n) is 8.51. The molecule has 2 nitrogen and oxygen atoms in total. The van der Waals surface area contributed by atoms with Crippen molar-refractivity contribution in [2.24, 2.45) is 0 Å². The van der Waals surface area contributed by atoms with Crippen LogP contribution in [0.4, 0.5) is 4.39 Å². The molecule has 0 saturated heterocycles. The minimum absolute atomic E-state index is 0.268. The fourth-order valence-electron chi connectivity index (χ4n) is 1.33. The van der Waals surface area contributed by atoms with E-state index in [2.05, 4.69) is 0 Å². The molecule has 16 heavy (non-hydrogen) atoms. The minimum Gasteiger partial charge on any atom is -0.618 e. The molecule has 1 aromatic carbocycles. The minimum atomic E-state index is -0.268. The molecule has 80 valence electrons. The molecule has 0 aliphatic carbocycles. The van der Waals surface area contributed by atoms with Crippen molar-refractivity contribution in [3.05, 3.63) is 70.9 Å². The molecule has 3 heteroatoms. The van der Waals surface area contributed by atoms with E-state index in [1.165, 1.54) is 18.3 Å². The predicted octanol–water partition coefficient (Wildman–Crippen LogP) is 2.63. The van der Waals surface area contributed by atoms with Crippen molar-refractivity contribution in [2.75, 3.05) is 0 Å². The Morgan fingerprint density at radius 2 is 1.75 bits per heavy atom. The standard InChI is InChI=1S/C13H10FNO/c14-12-7-4-11(5-8-12)6-9-13-3-1-2-10-15(13)16/h1-10H. The lowest BCUT2D eigenvalue weighted by atomic mass is 10.2. The van der Waals surface area contributed by atoms with Gasteiger partial charge in [0.2, 0.25) is 5.69 Å². The molecule has 0 spiro atoms. The van der Waals surface area contributed by atoms with Crippen molar-refractivity contribution < 1.29 is 9.12 Å². The van der Waals surface area contributed by atoms with E-state index in [9.17, 15) is 9.60 Å². The van der Waals surface area contributed by atoms with Gasteiger partial charge < -0.3 is 5.21 Å². The van der Waals surface area contributed by atoms with Crippen molar-refractivity contribution in [2.45, 2.75) is 0 Å². The monoisotopic (exact) mass is 215 g/mol. The van der Waals surface area contributed by atoms with E-state index in [1.54, 1.807) is 42.5 Å². The molecule has 0 N–H and O–H groups in total. The van der Waals surface area contributed by atoms with Gasteiger partial charge in [-0.05, 0) is 29.8 Å². The maximum atomic E-state index is 12.6. The Bertz CT molecular complexity index is 506. The highest BCUT2D eigenvalue weighted by molar-refractivity contribution is 5.66. The number of aromatic nitrogens is 1. The third-order valence-electron chi connectivity index (χ3n) is 2.17. The Labute approximate surface area is 92.9 Å². The van der Waals surface area contributed by atoms with Crippen molar-refractivity contribution >= 4 is 12.2 Å². The topological polar surface area (TPSA) is 26.9 Å². The molecule has 0 unspecified atom stereocenters. The van der Waals surface area contributed by atoms with Crippen LogP contribution in [0.2, 0.25) is 0 Å². The molecule has 0 fully saturated rings. The summed E-state index contributed by atoms with van der Waals surface area (Å²) in [5.41, 5.74) is 1.40. The smallest absolute Gasteiger partial charge is 0.216 e. The quantitative estimate of drug-likeness (QED) is 0.558. The van der Waals surface area contributed by atoms with Crippen LogP contribution < -0.4 is 4.73 Å². The highest BCUT2D eigenvalue weighted by atomic mass is 19.1. The number of benzene rings is 1. The van der Waals surface area contributed by atoms with Crippen LogP contribution in [0.25, 0.3) is 12.2 Å². The summed E-state index contributed by atoms with van der Waals surface area (Å²) < 4.78 is 13.4. The first-order valence-electron chi connectivity index (χ1n) is 4.87. The first-order chi connectivity index (χ1) is 7.75. The van der Waals surface area contributed by atoms with Crippen molar-refractivity contribution in [1.82, 2.24) is 0 Å². The number of rotatable bonds is 2. The summed E-state index contributed by atoms with van der Waals surface area (Å²) in [6, 6.07) is 11.3. The zero-order valence-corrected chi connectivity index (χ0v) is 8.51. The molecule has 0 aliphatic heterocycles. The molecule has 1 heterocycles. The fourth-order valence-corrected chi connectivity index (χ4v) is 1.33. The Kier molecular flexibility index (Phi) is 2.96. The van der Waals surface area contributed by atoms with Crippen LogP contribution in [-0.2, 0) is 0 Å². The lowest BCUT2D eigenvalue weighted by Crippen LogP contribution is -2.28. The Morgan fingerprint density at radius 3 is 2.44 bits per heavy atom. The summed E-state index contributed by atoms with van der Waals surface area (Å²) in [6.45, 7) is 0. The highest BCUT2D eigenvalue weighted by Gasteiger charge is 1.97. The number of halogens is 1. The summed E-state index contributed by atoms with van der Waals surface area (Å²) in [5.74, 6) is -0.268. The van der Waals surface area contributed by atoms with E-state index >= 15 is 0 Å². The molecular formula is C13H10FNO. The lowest BCUT2D eigenvalue weighted by molar-refractivity contribution is -0.607. The van der Waals surface area contributed by atoms with Gasteiger partial charge in [-0.2, -0.15) is 4.73 Å². The van der Waals surface area contributed by atoms with Crippen LogP contribution in [0.1, 0.15) is 11.3 Å². The first kappa shape index (κ1) is 10.4. The molecule has 2 aromatic rings. The largest absolute Gasteiger partial charge is 0.618 e. The number of nitrogens with zero attached hydrogens (tertiary/aromatic N) is 1. The van der Waals surface area contributed by atoms with Gasteiger partial charge in [0.15, 0.2) is 6.20 Å². The molecular weight excluding hydrogens is 205 g/mol. The van der Waals surface area contributed by atoms with E-state index in [1.807, 2.05) is 0 Å². The maximum Gasteiger partial charge on any atom is 0.216 e. The Hall–Kier alpha value is -2.16. The third kappa shape index (κ3) is 2.45. The normalized spacial score (nSPS) is 10.8. The summed E-state index contributed by atoms with van der Waals surface area (Å²) >= 11 is 0. The van der Waals surface area contributed by atoms with Crippen LogP contribution >= 0.6 is 0 Å². The molecule has 1 aromatic heterocycles. The van der Waals surface area contributed by atoms with Gasteiger partial charge in [-0.1, -0.05) is 12.1 Å². The predicted molar refractivity (Wildman–Crippen MR) is 60.7 cm³/mol. The van der Waals surface area contributed by atoms with Crippen molar-refractivity contribution in [3.63, 3.8) is 0 Å². The molecule has 0 saturated carbocycles. The summed E-state index contributed by atoms with van der Waals surface area (Å²) in [5, 5.41) is 11.3. The second kappa shape index (κ2) is 4.57. The second-order valence-electron chi connectivity index (χ2n) is 3.34. The van der Waals surface area contributed by atoms with E-state index in [4.69, 9.17) is 0 Å². The van der Waals surface area contributed by atoms with E-state index in [0.29, 0.717) is 5.69 Å². The Morgan fingerprint density at radius 1 is 1.00 bits per heavy atom. The molecule has 2 rings (SSSR count). The number of hydrogen-bond acceptors (Lipinski definition) is 1. The van der Waals surface area contributed by atoms with Gasteiger partial charge in [-0.3, -0.25) is 0 Å². The average Bonchev–Trinajstić information content (AvgIpc) is 2.30. The SMILES string of the molecule is [O-][n+]1ccccc1C=Cc1ccc(F)cc1. The molecule has 0 aliphatic rings. The van der Waals surface area contributed by atoms with E-state index in [0.717, 1.165) is 10.3 Å². The van der Waals surface area contributed by atoms with Gasteiger partial charge in [-0.15, -0.1) is 0 Å². The summed E-state index contributed by atoms with van der Waals surface area (Å²) in [7, 11) is 0. The van der Waals surface area contributed by atoms with Gasteiger partial charge in [0.1, 0.15) is 5.82 Å². The van der Waals surface area contributed by atoms with Crippen LogP contribution in [0.15, 0.2) is 48.7 Å². The van der Waals surface area contributed by atoms with Crippen molar-refractivity contribution in [1.29, 1.82) is 0 Å². The van der Waals surface area contributed by atoms with Gasteiger partial charge in [0.05, 0.1) is 0 Å². The van der Waals surface area contributed by atoms with E-state index in [-0.39, 0.29) is 5.82 Å². The first-order valence-corrected chi connectivity index (χ1v) is 4.87. The molecule has 0 bridgehead atoms. The number of hydrogen-bond donors (Lipinski definition) is 0.